The zero-order chi connectivity index (χ0) is 11.4. The molecular weight excluding hydrogens is 214 g/mol. The molecule has 15 heavy (non-hydrogen) atoms. The van der Waals surface area contributed by atoms with Gasteiger partial charge in [0.25, 0.3) is 0 Å². The summed E-state index contributed by atoms with van der Waals surface area (Å²) in [7, 11) is 3.36. The highest BCUT2D eigenvalue weighted by atomic mass is 35.5. The molecule has 2 N–H and O–H groups in total. The standard InChI is InChI=1S/C11H16ClNO2/c1-7-4-11(15-3)8(5-9(7)12)10(14)6-13-2/h4-5,10,13-14H,6H2,1-3H3. The molecule has 4 heteroatoms. The maximum absolute atomic E-state index is 9.85. The van der Waals surface area contributed by atoms with Gasteiger partial charge >= 0.3 is 0 Å². The Labute approximate surface area is 95.0 Å². The van der Waals surface area contributed by atoms with Gasteiger partial charge in [-0.25, -0.2) is 0 Å². The first-order valence-corrected chi connectivity index (χ1v) is 5.14. The SMILES string of the molecule is CNCC(O)c1cc(Cl)c(C)cc1OC. The molecule has 0 bridgehead atoms. The number of ether oxygens (including phenoxy) is 1. The van der Waals surface area contributed by atoms with E-state index in [-0.39, 0.29) is 0 Å². The van der Waals surface area contributed by atoms with Crippen molar-refractivity contribution in [2.75, 3.05) is 20.7 Å². The number of aliphatic hydroxyl groups is 1. The largest absolute Gasteiger partial charge is 0.496 e. The number of benzene rings is 1. The highest BCUT2D eigenvalue weighted by Gasteiger charge is 2.14. The summed E-state index contributed by atoms with van der Waals surface area (Å²) in [5.41, 5.74) is 1.65. The van der Waals surface area contributed by atoms with Crippen LogP contribution in [0.5, 0.6) is 5.75 Å². The summed E-state index contributed by atoms with van der Waals surface area (Å²) in [4.78, 5) is 0. The number of halogens is 1. The summed E-state index contributed by atoms with van der Waals surface area (Å²) >= 11 is 6.00. The van der Waals surface area contributed by atoms with E-state index >= 15 is 0 Å². The van der Waals surface area contributed by atoms with Crippen LogP contribution in [0.15, 0.2) is 12.1 Å². The molecule has 0 aliphatic rings. The molecule has 1 atom stereocenters. The molecule has 0 fully saturated rings. The van der Waals surface area contributed by atoms with Gasteiger partial charge in [0.05, 0.1) is 13.2 Å². The van der Waals surface area contributed by atoms with E-state index in [4.69, 9.17) is 16.3 Å². The first kappa shape index (κ1) is 12.3. The van der Waals surface area contributed by atoms with E-state index in [0.29, 0.717) is 22.9 Å². The first-order valence-electron chi connectivity index (χ1n) is 4.76. The molecule has 1 rings (SSSR count). The van der Waals surface area contributed by atoms with Crippen LogP contribution in [0.2, 0.25) is 5.02 Å². The van der Waals surface area contributed by atoms with Crippen LogP contribution in [0.4, 0.5) is 0 Å². The smallest absolute Gasteiger partial charge is 0.125 e. The number of hydrogen-bond donors (Lipinski definition) is 2. The molecule has 0 aromatic heterocycles. The Balaban J connectivity index is 3.09. The Hall–Kier alpha value is -0.770. The van der Waals surface area contributed by atoms with E-state index < -0.39 is 6.10 Å². The maximum Gasteiger partial charge on any atom is 0.125 e. The molecule has 0 aliphatic carbocycles. The molecule has 0 spiro atoms. The van der Waals surface area contributed by atoms with Crippen LogP contribution in [0.3, 0.4) is 0 Å². The molecular formula is C11H16ClNO2. The lowest BCUT2D eigenvalue weighted by Gasteiger charge is -2.15. The number of aryl methyl sites for hydroxylation is 1. The topological polar surface area (TPSA) is 41.5 Å². The van der Waals surface area contributed by atoms with Crippen LogP contribution in [0.25, 0.3) is 0 Å². The fourth-order valence-electron chi connectivity index (χ4n) is 1.41. The molecule has 0 aliphatic heterocycles. The van der Waals surface area contributed by atoms with Gasteiger partial charge in [0.15, 0.2) is 0 Å². The fraction of sp³-hybridized carbons (Fsp3) is 0.455. The van der Waals surface area contributed by atoms with Crippen molar-refractivity contribution in [1.82, 2.24) is 5.32 Å². The third-order valence-corrected chi connectivity index (χ3v) is 2.67. The van der Waals surface area contributed by atoms with Gasteiger partial charge in [-0.2, -0.15) is 0 Å². The summed E-state index contributed by atoms with van der Waals surface area (Å²) in [6, 6.07) is 3.58. The van der Waals surface area contributed by atoms with Crippen molar-refractivity contribution in [1.29, 1.82) is 0 Å². The molecule has 1 aromatic rings. The van der Waals surface area contributed by atoms with Crippen LogP contribution in [0.1, 0.15) is 17.2 Å². The maximum atomic E-state index is 9.85. The van der Waals surface area contributed by atoms with Crippen LogP contribution in [-0.4, -0.2) is 25.8 Å². The average molecular weight is 230 g/mol. The average Bonchev–Trinajstić information content (AvgIpc) is 2.21. The second-order valence-electron chi connectivity index (χ2n) is 3.42. The second kappa shape index (κ2) is 5.35. The molecule has 3 nitrogen and oxygen atoms in total. The fourth-order valence-corrected chi connectivity index (χ4v) is 1.58. The van der Waals surface area contributed by atoms with Crippen molar-refractivity contribution in [3.05, 3.63) is 28.3 Å². The van der Waals surface area contributed by atoms with Gasteiger partial charge in [-0.15, -0.1) is 0 Å². The van der Waals surface area contributed by atoms with Gasteiger partial charge < -0.3 is 15.2 Å². The lowest BCUT2D eigenvalue weighted by Crippen LogP contribution is -2.17. The Kier molecular flexibility index (Phi) is 4.39. The van der Waals surface area contributed by atoms with E-state index in [1.54, 1.807) is 20.2 Å². The molecule has 0 saturated heterocycles. The third kappa shape index (κ3) is 2.84. The van der Waals surface area contributed by atoms with Crippen molar-refractivity contribution in [3.63, 3.8) is 0 Å². The monoisotopic (exact) mass is 229 g/mol. The van der Waals surface area contributed by atoms with E-state index in [1.807, 2.05) is 13.0 Å². The van der Waals surface area contributed by atoms with Gasteiger partial charge in [0.1, 0.15) is 5.75 Å². The van der Waals surface area contributed by atoms with Gasteiger partial charge in [0, 0.05) is 17.1 Å². The van der Waals surface area contributed by atoms with Crippen molar-refractivity contribution >= 4 is 11.6 Å². The lowest BCUT2D eigenvalue weighted by molar-refractivity contribution is 0.173. The zero-order valence-corrected chi connectivity index (χ0v) is 9.93. The first-order chi connectivity index (χ1) is 7.10. The molecule has 1 unspecified atom stereocenters. The minimum absolute atomic E-state index is 0.468. The molecule has 84 valence electrons. The van der Waals surface area contributed by atoms with E-state index in [2.05, 4.69) is 5.32 Å². The Morgan fingerprint density at radius 3 is 2.73 bits per heavy atom. The van der Waals surface area contributed by atoms with E-state index in [0.717, 1.165) is 5.56 Å². The van der Waals surface area contributed by atoms with E-state index in [1.165, 1.54) is 0 Å². The molecule has 0 amide bonds. The van der Waals surface area contributed by atoms with Gasteiger partial charge in [-0.05, 0) is 31.7 Å². The van der Waals surface area contributed by atoms with Crippen molar-refractivity contribution in [2.24, 2.45) is 0 Å². The predicted octanol–water partition coefficient (Wildman–Crippen LogP) is 1.91. The zero-order valence-electron chi connectivity index (χ0n) is 9.17. The van der Waals surface area contributed by atoms with Gasteiger partial charge in [0.2, 0.25) is 0 Å². The summed E-state index contributed by atoms with van der Waals surface area (Å²) in [6.07, 6.45) is -0.608. The summed E-state index contributed by atoms with van der Waals surface area (Å²) in [5, 5.41) is 13.4. The van der Waals surface area contributed by atoms with Gasteiger partial charge in [-0.1, -0.05) is 11.6 Å². The second-order valence-corrected chi connectivity index (χ2v) is 3.82. The van der Waals surface area contributed by atoms with Crippen molar-refractivity contribution in [3.8, 4) is 5.75 Å². The molecule has 0 heterocycles. The number of rotatable bonds is 4. The van der Waals surface area contributed by atoms with Gasteiger partial charge in [-0.3, -0.25) is 0 Å². The van der Waals surface area contributed by atoms with Crippen molar-refractivity contribution in [2.45, 2.75) is 13.0 Å². The number of likely N-dealkylation sites (N-methyl/N-ethyl adjacent to an activating group) is 1. The highest BCUT2D eigenvalue weighted by Crippen LogP contribution is 2.30. The number of methoxy groups -OCH3 is 1. The van der Waals surface area contributed by atoms with Crippen LogP contribution in [0, 0.1) is 6.92 Å². The Morgan fingerprint density at radius 2 is 2.20 bits per heavy atom. The lowest BCUT2D eigenvalue weighted by atomic mass is 10.1. The predicted molar refractivity (Wildman–Crippen MR) is 61.6 cm³/mol. The highest BCUT2D eigenvalue weighted by molar-refractivity contribution is 6.31. The molecule has 0 saturated carbocycles. The summed E-state index contributed by atoms with van der Waals surface area (Å²) < 4.78 is 5.20. The number of hydrogen-bond acceptors (Lipinski definition) is 3. The van der Waals surface area contributed by atoms with Crippen molar-refractivity contribution < 1.29 is 9.84 Å². The normalized spacial score (nSPS) is 12.6. The van der Waals surface area contributed by atoms with Crippen LogP contribution < -0.4 is 10.1 Å². The quantitative estimate of drug-likeness (QED) is 0.829. The van der Waals surface area contributed by atoms with Crippen LogP contribution in [-0.2, 0) is 0 Å². The number of nitrogens with one attached hydrogen (secondary N) is 1. The third-order valence-electron chi connectivity index (χ3n) is 2.27. The Morgan fingerprint density at radius 1 is 1.53 bits per heavy atom. The number of aliphatic hydroxyl groups excluding tert-OH is 1. The summed E-state index contributed by atoms with van der Waals surface area (Å²) in [6.45, 7) is 2.37. The van der Waals surface area contributed by atoms with E-state index in [9.17, 15) is 5.11 Å². The minimum Gasteiger partial charge on any atom is -0.496 e. The van der Waals surface area contributed by atoms with Crippen LogP contribution >= 0.6 is 11.6 Å². The summed E-state index contributed by atoms with van der Waals surface area (Å²) in [5.74, 6) is 0.666. The molecule has 0 radical (unpaired) electrons. The minimum atomic E-state index is -0.608. The Bertz CT molecular complexity index is 342. The molecule has 1 aromatic carbocycles.